The first-order valence-corrected chi connectivity index (χ1v) is 5.66. The number of amides is 1. The summed E-state index contributed by atoms with van der Waals surface area (Å²) in [7, 11) is 3.15. The number of methoxy groups -OCH3 is 1. The Hall–Kier alpha value is -2.05. The smallest absolute Gasteiger partial charge is 0.326 e. The molecule has 18 heavy (non-hydrogen) atoms. The predicted molar refractivity (Wildman–Crippen MR) is 61.5 cm³/mol. The molecule has 1 saturated heterocycles. The van der Waals surface area contributed by atoms with Crippen LogP contribution in [-0.2, 0) is 11.8 Å². The summed E-state index contributed by atoms with van der Waals surface area (Å²) in [4.78, 5) is 24.6. The minimum atomic E-state index is -0.969. The first kappa shape index (κ1) is 12.4. The second kappa shape index (κ2) is 4.67. The molecule has 1 atom stereocenters. The van der Waals surface area contributed by atoms with Crippen LogP contribution in [0.15, 0.2) is 6.07 Å². The standard InChI is InChI=1S/C11H15N3O4/c1-13-9(18-2)6-7(12-13)10(15)14-5-3-4-8(14)11(16)17/h6,8H,3-5H2,1-2H3,(H,16,17). The highest BCUT2D eigenvalue weighted by molar-refractivity contribution is 5.95. The third-order valence-electron chi connectivity index (χ3n) is 3.06. The van der Waals surface area contributed by atoms with E-state index in [9.17, 15) is 9.59 Å². The zero-order chi connectivity index (χ0) is 13.3. The van der Waals surface area contributed by atoms with Crippen LogP contribution < -0.4 is 4.74 Å². The molecule has 1 aliphatic rings. The summed E-state index contributed by atoms with van der Waals surface area (Å²) in [5, 5.41) is 13.1. The molecule has 1 amide bonds. The van der Waals surface area contributed by atoms with Gasteiger partial charge < -0.3 is 14.7 Å². The lowest BCUT2D eigenvalue weighted by atomic mass is 10.2. The van der Waals surface area contributed by atoms with Crippen molar-refractivity contribution in [2.45, 2.75) is 18.9 Å². The maximum atomic E-state index is 12.2. The number of aliphatic carboxylic acids is 1. The Labute approximate surface area is 104 Å². The summed E-state index contributed by atoms with van der Waals surface area (Å²) in [6.07, 6.45) is 1.19. The molecular formula is C11H15N3O4. The molecule has 1 fully saturated rings. The van der Waals surface area contributed by atoms with Crippen LogP contribution in [0.25, 0.3) is 0 Å². The molecule has 7 heteroatoms. The summed E-state index contributed by atoms with van der Waals surface area (Å²) in [6.45, 7) is 0.453. The average molecular weight is 253 g/mol. The van der Waals surface area contributed by atoms with E-state index in [2.05, 4.69) is 5.10 Å². The summed E-state index contributed by atoms with van der Waals surface area (Å²) in [5.41, 5.74) is 0.211. The van der Waals surface area contributed by atoms with Crippen LogP contribution in [0.3, 0.4) is 0 Å². The van der Waals surface area contributed by atoms with Gasteiger partial charge in [-0.3, -0.25) is 4.79 Å². The molecule has 2 heterocycles. The SMILES string of the molecule is COc1cc(C(=O)N2CCCC2C(=O)O)nn1C. The molecule has 1 unspecified atom stereocenters. The van der Waals surface area contributed by atoms with E-state index >= 15 is 0 Å². The van der Waals surface area contributed by atoms with Crippen LogP contribution in [0, 0.1) is 0 Å². The van der Waals surface area contributed by atoms with Gasteiger partial charge in [0.25, 0.3) is 5.91 Å². The summed E-state index contributed by atoms with van der Waals surface area (Å²) < 4.78 is 6.47. The van der Waals surface area contributed by atoms with Crippen molar-refractivity contribution in [1.29, 1.82) is 0 Å². The molecule has 0 saturated carbocycles. The number of hydrogen-bond donors (Lipinski definition) is 1. The van der Waals surface area contributed by atoms with Crippen molar-refractivity contribution in [1.82, 2.24) is 14.7 Å². The molecular weight excluding hydrogens is 238 g/mol. The second-order valence-electron chi connectivity index (χ2n) is 4.19. The minimum Gasteiger partial charge on any atom is -0.481 e. The highest BCUT2D eigenvalue weighted by Crippen LogP contribution is 2.21. The lowest BCUT2D eigenvalue weighted by Gasteiger charge is -2.19. The molecule has 1 aromatic heterocycles. The van der Waals surface area contributed by atoms with E-state index in [1.165, 1.54) is 22.8 Å². The average Bonchev–Trinajstić information content (AvgIpc) is 2.93. The first-order valence-electron chi connectivity index (χ1n) is 5.66. The zero-order valence-electron chi connectivity index (χ0n) is 10.3. The molecule has 2 rings (SSSR count). The molecule has 1 N–H and O–H groups in total. The molecule has 0 aliphatic carbocycles. The van der Waals surface area contributed by atoms with Crippen molar-refractivity contribution < 1.29 is 19.4 Å². The van der Waals surface area contributed by atoms with Gasteiger partial charge in [0.05, 0.1) is 7.11 Å². The van der Waals surface area contributed by atoms with E-state index in [4.69, 9.17) is 9.84 Å². The maximum Gasteiger partial charge on any atom is 0.326 e. The fraction of sp³-hybridized carbons (Fsp3) is 0.545. The van der Waals surface area contributed by atoms with Gasteiger partial charge in [-0.1, -0.05) is 0 Å². The number of rotatable bonds is 3. The molecule has 0 aromatic carbocycles. The van der Waals surface area contributed by atoms with Crippen LogP contribution in [0.1, 0.15) is 23.3 Å². The van der Waals surface area contributed by atoms with Crippen molar-refractivity contribution >= 4 is 11.9 Å². The van der Waals surface area contributed by atoms with Gasteiger partial charge in [-0.25, -0.2) is 9.48 Å². The van der Waals surface area contributed by atoms with Crippen molar-refractivity contribution in [3.05, 3.63) is 11.8 Å². The van der Waals surface area contributed by atoms with E-state index in [1.54, 1.807) is 7.05 Å². The van der Waals surface area contributed by atoms with Crippen molar-refractivity contribution in [3.63, 3.8) is 0 Å². The van der Waals surface area contributed by atoms with Gasteiger partial charge in [-0.05, 0) is 12.8 Å². The number of carbonyl (C=O) groups is 2. The molecule has 0 spiro atoms. The fourth-order valence-electron chi connectivity index (χ4n) is 2.16. The van der Waals surface area contributed by atoms with Gasteiger partial charge in [0, 0.05) is 19.7 Å². The van der Waals surface area contributed by atoms with E-state index in [1.807, 2.05) is 0 Å². The predicted octanol–water partition coefficient (Wildman–Crippen LogP) is 0.118. The second-order valence-corrected chi connectivity index (χ2v) is 4.19. The number of carboxylic acid groups (broad SMARTS) is 1. The van der Waals surface area contributed by atoms with E-state index < -0.39 is 12.0 Å². The number of ether oxygens (including phenoxy) is 1. The zero-order valence-corrected chi connectivity index (χ0v) is 10.3. The maximum absolute atomic E-state index is 12.2. The van der Waals surface area contributed by atoms with Crippen LogP contribution >= 0.6 is 0 Å². The number of hydrogen-bond acceptors (Lipinski definition) is 4. The van der Waals surface area contributed by atoms with Crippen LogP contribution in [0.4, 0.5) is 0 Å². The molecule has 1 aromatic rings. The summed E-state index contributed by atoms with van der Waals surface area (Å²) in [6, 6.07) is 0.769. The quantitative estimate of drug-likeness (QED) is 0.827. The number of carbonyl (C=O) groups excluding carboxylic acids is 1. The molecule has 1 aliphatic heterocycles. The number of nitrogens with zero attached hydrogens (tertiary/aromatic N) is 3. The third kappa shape index (κ3) is 2.03. The van der Waals surface area contributed by atoms with Crippen LogP contribution in [-0.4, -0.2) is 51.4 Å². The molecule has 7 nitrogen and oxygen atoms in total. The number of carboxylic acids is 1. The first-order chi connectivity index (χ1) is 8.54. The van der Waals surface area contributed by atoms with Gasteiger partial charge in [0.15, 0.2) is 5.69 Å². The number of aromatic nitrogens is 2. The van der Waals surface area contributed by atoms with Crippen molar-refractivity contribution in [2.75, 3.05) is 13.7 Å². The van der Waals surface area contributed by atoms with E-state index in [0.717, 1.165) is 0 Å². The Balaban J connectivity index is 2.22. The lowest BCUT2D eigenvalue weighted by molar-refractivity contribution is -0.141. The highest BCUT2D eigenvalue weighted by atomic mass is 16.5. The largest absolute Gasteiger partial charge is 0.481 e. The summed E-state index contributed by atoms with van der Waals surface area (Å²) >= 11 is 0. The van der Waals surface area contributed by atoms with Gasteiger partial charge in [-0.2, -0.15) is 5.10 Å². The van der Waals surface area contributed by atoms with Gasteiger partial charge in [0.2, 0.25) is 5.88 Å². The number of aryl methyl sites for hydroxylation is 1. The molecule has 0 radical (unpaired) electrons. The summed E-state index contributed by atoms with van der Waals surface area (Å²) in [5.74, 6) is -0.869. The Bertz CT molecular complexity index is 483. The van der Waals surface area contributed by atoms with Crippen molar-refractivity contribution in [3.8, 4) is 5.88 Å². The van der Waals surface area contributed by atoms with Gasteiger partial charge >= 0.3 is 5.97 Å². The third-order valence-corrected chi connectivity index (χ3v) is 3.06. The monoisotopic (exact) mass is 253 g/mol. The fourth-order valence-corrected chi connectivity index (χ4v) is 2.16. The Morgan fingerprint density at radius 2 is 2.28 bits per heavy atom. The molecule has 98 valence electrons. The normalized spacial score (nSPS) is 19.0. The highest BCUT2D eigenvalue weighted by Gasteiger charge is 2.35. The number of likely N-dealkylation sites (tertiary alicyclic amines) is 1. The Morgan fingerprint density at radius 3 is 2.83 bits per heavy atom. The van der Waals surface area contributed by atoms with Gasteiger partial charge in [-0.15, -0.1) is 0 Å². The Kier molecular flexibility index (Phi) is 3.22. The molecule has 0 bridgehead atoms. The van der Waals surface area contributed by atoms with E-state index in [0.29, 0.717) is 25.3 Å². The van der Waals surface area contributed by atoms with Crippen LogP contribution in [0.5, 0.6) is 5.88 Å². The van der Waals surface area contributed by atoms with Crippen LogP contribution in [0.2, 0.25) is 0 Å². The lowest BCUT2D eigenvalue weighted by Crippen LogP contribution is -2.40. The van der Waals surface area contributed by atoms with E-state index in [-0.39, 0.29) is 11.6 Å². The topological polar surface area (TPSA) is 84.7 Å². The Morgan fingerprint density at radius 1 is 1.56 bits per heavy atom. The minimum absolute atomic E-state index is 0.211. The van der Waals surface area contributed by atoms with Crippen molar-refractivity contribution in [2.24, 2.45) is 7.05 Å². The van der Waals surface area contributed by atoms with Gasteiger partial charge in [0.1, 0.15) is 6.04 Å².